The molecule has 0 atom stereocenters. The van der Waals surface area contributed by atoms with Crippen LogP contribution in [0.15, 0.2) is 47.1 Å². The molecule has 0 amide bonds. The lowest BCUT2D eigenvalue weighted by Crippen LogP contribution is -2.30. The van der Waals surface area contributed by atoms with Gasteiger partial charge in [-0.1, -0.05) is 12.1 Å². The fourth-order valence-electron chi connectivity index (χ4n) is 1.70. The molecular formula is C15H18N2OS2. The summed E-state index contributed by atoms with van der Waals surface area (Å²) in [6.07, 6.45) is 1.70. The van der Waals surface area contributed by atoms with Gasteiger partial charge in [-0.2, -0.15) is 11.8 Å². The van der Waals surface area contributed by atoms with E-state index in [1.165, 1.54) is 5.56 Å². The molecule has 0 radical (unpaired) electrons. The molecular weight excluding hydrogens is 288 g/mol. The molecule has 106 valence electrons. The summed E-state index contributed by atoms with van der Waals surface area (Å²) in [5.41, 5.74) is 2.23. The number of hydrogen-bond donors (Lipinski definition) is 2. The SMILES string of the molecule is Cc1cccc(NC(=S)NCCSCc2ccco2)c1. The van der Waals surface area contributed by atoms with Crippen LogP contribution < -0.4 is 10.6 Å². The number of anilines is 1. The Hall–Kier alpha value is -1.46. The second-order valence-corrected chi connectivity index (χ2v) is 5.90. The number of aryl methyl sites for hydroxylation is 1. The first-order valence-electron chi connectivity index (χ1n) is 6.46. The lowest BCUT2D eigenvalue weighted by Gasteiger charge is -2.10. The van der Waals surface area contributed by atoms with E-state index in [9.17, 15) is 0 Å². The van der Waals surface area contributed by atoms with Gasteiger partial charge >= 0.3 is 0 Å². The molecule has 1 heterocycles. The van der Waals surface area contributed by atoms with Crippen molar-refractivity contribution in [2.45, 2.75) is 12.7 Å². The van der Waals surface area contributed by atoms with Gasteiger partial charge in [0.15, 0.2) is 5.11 Å². The zero-order chi connectivity index (χ0) is 14.2. The van der Waals surface area contributed by atoms with Crippen molar-refractivity contribution in [3.05, 3.63) is 54.0 Å². The largest absolute Gasteiger partial charge is 0.468 e. The Kier molecular flexibility index (Phi) is 5.95. The molecule has 0 aliphatic rings. The molecule has 2 N–H and O–H groups in total. The molecule has 0 spiro atoms. The van der Waals surface area contributed by atoms with Gasteiger partial charge in [-0.25, -0.2) is 0 Å². The van der Waals surface area contributed by atoms with Crippen LogP contribution in [0.1, 0.15) is 11.3 Å². The Bertz CT molecular complexity index is 541. The summed E-state index contributed by atoms with van der Waals surface area (Å²) in [5, 5.41) is 7.04. The number of rotatable bonds is 6. The zero-order valence-corrected chi connectivity index (χ0v) is 13.0. The Morgan fingerprint density at radius 1 is 1.30 bits per heavy atom. The maximum atomic E-state index is 5.27. The van der Waals surface area contributed by atoms with Gasteiger partial charge < -0.3 is 15.1 Å². The van der Waals surface area contributed by atoms with E-state index in [0.29, 0.717) is 5.11 Å². The summed E-state index contributed by atoms with van der Waals surface area (Å²) in [5.74, 6) is 2.89. The standard InChI is InChI=1S/C15H18N2OS2/c1-12-4-2-5-13(10-12)17-15(19)16-7-9-20-11-14-6-3-8-18-14/h2-6,8,10H,7,9,11H2,1H3,(H2,16,17,19). The minimum Gasteiger partial charge on any atom is -0.468 e. The Labute approximate surface area is 129 Å². The van der Waals surface area contributed by atoms with Crippen LogP contribution in [0.4, 0.5) is 5.69 Å². The molecule has 0 saturated heterocycles. The minimum atomic E-state index is 0.661. The van der Waals surface area contributed by atoms with E-state index in [1.807, 2.05) is 36.0 Å². The third-order valence-corrected chi connectivity index (χ3v) is 3.86. The van der Waals surface area contributed by atoms with Gasteiger partial charge in [0, 0.05) is 18.0 Å². The Morgan fingerprint density at radius 2 is 2.20 bits per heavy atom. The van der Waals surface area contributed by atoms with Gasteiger partial charge in [0.25, 0.3) is 0 Å². The van der Waals surface area contributed by atoms with Crippen LogP contribution in [-0.2, 0) is 5.75 Å². The number of hydrogen-bond acceptors (Lipinski definition) is 3. The van der Waals surface area contributed by atoms with Gasteiger partial charge in [-0.3, -0.25) is 0 Å². The molecule has 0 fully saturated rings. The molecule has 0 aliphatic heterocycles. The van der Waals surface area contributed by atoms with Crippen molar-refractivity contribution in [2.24, 2.45) is 0 Å². The van der Waals surface area contributed by atoms with Crippen molar-refractivity contribution in [1.82, 2.24) is 5.32 Å². The second kappa shape index (κ2) is 7.97. The predicted octanol–water partition coefficient (Wildman–Crippen LogP) is 3.81. The van der Waals surface area contributed by atoms with Crippen LogP contribution in [0.2, 0.25) is 0 Å². The van der Waals surface area contributed by atoms with Crippen molar-refractivity contribution < 1.29 is 4.42 Å². The van der Waals surface area contributed by atoms with Gasteiger partial charge in [-0.15, -0.1) is 0 Å². The summed E-state index contributed by atoms with van der Waals surface area (Å²) < 4.78 is 5.27. The number of benzene rings is 1. The minimum absolute atomic E-state index is 0.661. The first kappa shape index (κ1) is 14.9. The number of thiocarbonyl (C=S) groups is 1. The van der Waals surface area contributed by atoms with Crippen LogP contribution in [-0.4, -0.2) is 17.4 Å². The highest BCUT2D eigenvalue weighted by Gasteiger charge is 1.99. The summed E-state index contributed by atoms with van der Waals surface area (Å²) in [6.45, 7) is 2.90. The maximum absolute atomic E-state index is 5.27. The molecule has 0 aliphatic carbocycles. The summed E-state index contributed by atoms with van der Waals surface area (Å²) in [4.78, 5) is 0. The van der Waals surface area contributed by atoms with Crippen LogP contribution in [0, 0.1) is 6.92 Å². The molecule has 0 unspecified atom stereocenters. The first-order valence-corrected chi connectivity index (χ1v) is 8.02. The van der Waals surface area contributed by atoms with Crippen molar-refractivity contribution in [1.29, 1.82) is 0 Å². The lowest BCUT2D eigenvalue weighted by molar-refractivity contribution is 0.530. The second-order valence-electron chi connectivity index (χ2n) is 4.38. The zero-order valence-electron chi connectivity index (χ0n) is 11.4. The number of thioether (sulfide) groups is 1. The van der Waals surface area contributed by atoms with Crippen LogP contribution in [0.3, 0.4) is 0 Å². The van der Waals surface area contributed by atoms with E-state index >= 15 is 0 Å². The van der Waals surface area contributed by atoms with Crippen LogP contribution in [0.5, 0.6) is 0 Å². The Morgan fingerprint density at radius 3 is 2.95 bits per heavy atom. The van der Waals surface area contributed by atoms with Crippen molar-refractivity contribution in [2.75, 3.05) is 17.6 Å². The fraction of sp³-hybridized carbons (Fsp3) is 0.267. The molecule has 0 saturated carbocycles. The van der Waals surface area contributed by atoms with E-state index in [-0.39, 0.29) is 0 Å². The van der Waals surface area contributed by atoms with Gasteiger partial charge in [0.1, 0.15) is 5.76 Å². The van der Waals surface area contributed by atoms with Crippen LogP contribution >= 0.6 is 24.0 Å². The van der Waals surface area contributed by atoms with Gasteiger partial charge in [0.05, 0.1) is 12.0 Å². The molecule has 2 aromatic rings. The van der Waals surface area contributed by atoms with Crippen molar-refractivity contribution in [3.63, 3.8) is 0 Å². The predicted molar refractivity (Wildman–Crippen MR) is 90.3 cm³/mol. The highest BCUT2D eigenvalue weighted by Crippen LogP contribution is 2.12. The molecule has 1 aromatic heterocycles. The van der Waals surface area contributed by atoms with E-state index in [1.54, 1.807) is 6.26 Å². The normalized spacial score (nSPS) is 10.2. The summed E-state index contributed by atoms with van der Waals surface area (Å²) in [6, 6.07) is 12.1. The highest BCUT2D eigenvalue weighted by atomic mass is 32.2. The maximum Gasteiger partial charge on any atom is 0.170 e. The smallest absolute Gasteiger partial charge is 0.170 e. The van der Waals surface area contributed by atoms with Crippen molar-refractivity contribution in [3.8, 4) is 0 Å². The summed E-state index contributed by atoms with van der Waals surface area (Å²) >= 11 is 7.08. The number of nitrogens with one attached hydrogen (secondary N) is 2. The quantitative estimate of drug-likeness (QED) is 0.627. The lowest BCUT2D eigenvalue weighted by atomic mass is 10.2. The van der Waals surface area contributed by atoms with Gasteiger partial charge in [0.2, 0.25) is 0 Å². The van der Waals surface area contributed by atoms with Crippen molar-refractivity contribution >= 4 is 34.8 Å². The molecule has 2 rings (SSSR count). The van der Waals surface area contributed by atoms with E-state index in [2.05, 4.69) is 29.7 Å². The Balaban J connectivity index is 1.60. The van der Waals surface area contributed by atoms with E-state index in [4.69, 9.17) is 16.6 Å². The molecule has 3 nitrogen and oxygen atoms in total. The highest BCUT2D eigenvalue weighted by molar-refractivity contribution is 7.98. The number of furan rings is 1. The topological polar surface area (TPSA) is 37.2 Å². The fourth-order valence-corrected chi connectivity index (χ4v) is 2.68. The average Bonchev–Trinajstić information content (AvgIpc) is 2.91. The third kappa shape index (κ3) is 5.27. The molecule has 1 aromatic carbocycles. The average molecular weight is 306 g/mol. The monoisotopic (exact) mass is 306 g/mol. The third-order valence-electron chi connectivity index (χ3n) is 2.63. The first-order chi connectivity index (χ1) is 9.74. The van der Waals surface area contributed by atoms with E-state index < -0.39 is 0 Å². The summed E-state index contributed by atoms with van der Waals surface area (Å²) in [7, 11) is 0. The molecule has 20 heavy (non-hydrogen) atoms. The van der Waals surface area contributed by atoms with Gasteiger partial charge in [-0.05, 0) is 49.0 Å². The molecule has 0 bridgehead atoms. The molecule has 5 heteroatoms. The van der Waals surface area contributed by atoms with E-state index in [0.717, 1.165) is 29.5 Å². The van der Waals surface area contributed by atoms with Crippen LogP contribution in [0.25, 0.3) is 0 Å².